The van der Waals surface area contributed by atoms with E-state index in [2.05, 4.69) is 76.7 Å². The van der Waals surface area contributed by atoms with Gasteiger partial charge in [-0.15, -0.1) is 0 Å². The van der Waals surface area contributed by atoms with Gasteiger partial charge in [-0.3, -0.25) is 0 Å². The van der Waals surface area contributed by atoms with Crippen molar-refractivity contribution >= 4 is 12.1 Å². The standard InChI is InChI=1S/C30H43N3O3/c1-31-29(34)32-21-9-5-6-10-22-33-30(35)36-23-27-20-19-25-16-12-18-28(27)26-14-8-4-2-3-7-13-24(25)15-11-17-26/h2-4,7-8,11,13-15,17,25,27-28H,5-6,9-10,12,16,18-23H2,1H3,(H,33,35)(H2,31,32,34)/b3-2-,4-2?,7-3?,8-4-,13-7-,14-8?,15-11?,17-11?,24-13?,24-15+,26-14?,26-17?. The van der Waals surface area contributed by atoms with Gasteiger partial charge in [0.05, 0.1) is 6.61 Å². The van der Waals surface area contributed by atoms with Crippen molar-refractivity contribution in [1.29, 1.82) is 0 Å². The topological polar surface area (TPSA) is 79.5 Å². The van der Waals surface area contributed by atoms with Crippen molar-refractivity contribution < 1.29 is 14.3 Å². The second kappa shape index (κ2) is 15.9. The smallest absolute Gasteiger partial charge is 0.407 e. The van der Waals surface area contributed by atoms with Crippen molar-refractivity contribution in [3.63, 3.8) is 0 Å². The molecular weight excluding hydrogens is 450 g/mol. The average Bonchev–Trinajstić information content (AvgIpc) is 2.87. The molecular formula is C30H43N3O3. The van der Waals surface area contributed by atoms with Crippen LogP contribution in [0.25, 0.3) is 0 Å². The Kier molecular flexibility index (Phi) is 12.2. The van der Waals surface area contributed by atoms with Crippen LogP contribution in [0.2, 0.25) is 0 Å². The Labute approximate surface area is 216 Å². The summed E-state index contributed by atoms with van der Waals surface area (Å²) < 4.78 is 5.75. The van der Waals surface area contributed by atoms with Gasteiger partial charge in [0, 0.05) is 26.1 Å². The van der Waals surface area contributed by atoms with Gasteiger partial charge < -0.3 is 20.7 Å². The second-order valence-corrected chi connectivity index (χ2v) is 9.84. The fourth-order valence-corrected chi connectivity index (χ4v) is 5.30. The van der Waals surface area contributed by atoms with Gasteiger partial charge in [-0.2, -0.15) is 0 Å². The third kappa shape index (κ3) is 9.56. The summed E-state index contributed by atoms with van der Waals surface area (Å²) >= 11 is 0. The Morgan fingerprint density at radius 1 is 0.806 bits per heavy atom. The molecule has 4 bridgehead atoms. The molecule has 4 aliphatic carbocycles. The van der Waals surface area contributed by atoms with Gasteiger partial charge in [0.15, 0.2) is 0 Å². The van der Waals surface area contributed by atoms with Crippen LogP contribution in [-0.4, -0.2) is 38.9 Å². The zero-order valence-corrected chi connectivity index (χ0v) is 21.7. The van der Waals surface area contributed by atoms with E-state index < -0.39 is 0 Å². The first-order valence-electron chi connectivity index (χ1n) is 13.6. The number of hydrogen-bond donors (Lipinski definition) is 3. The zero-order chi connectivity index (χ0) is 25.4. The molecule has 3 N–H and O–H groups in total. The Balaban J connectivity index is 1.50. The lowest BCUT2D eigenvalue weighted by molar-refractivity contribution is 0.104. The number of fused-ring (bicyclic) bond motifs is 4. The average molecular weight is 494 g/mol. The van der Waals surface area contributed by atoms with E-state index in [0.29, 0.717) is 37.5 Å². The number of rotatable bonds is 9. The van der Waals surface area contributed by atoms with Gasteiger partial charge in [-0.25, -0.2) is 9.59 Å². The molecule has 3 amide bonds. The number of nitrogens with one attached hydrogen (secondary N) is 3. The van der Waals surface area contributed by atoms with Gasteiger partial charge in [0.2, 0.25) is 0 Å². The third-order valence-corrected chi connectivity index (χ3v) is 7.34. The van der Waals surface area contributed by atoms with Crippen LogP contribution in [-0.2, 0) is 4.74 Å². The first-order valence-corrected chi connectivity index (χ1v) is 13.6. The van der Waals surface area contributed by atoms with Crippen LogP contribution >= 0.6 is 0 Å². The molecule has 6 heteroatoms. The van der Waals surface area contributed by atoms with Crippen molar-refractivity contribution in [1.82, 2.24) is 16.0 Å². The molecule has 3 atom stereocenters. The van der Waals surface area contributed by atoms with E-state index in [0.717, 1.165) is 44.9 Å². The summed E-state index contributed by atoms with van der Waals surface area (Å²) in [5, 5.41) is 8.24. The van der Waals surface area contributed by atoms with Gasteiger partial charge >= 0.3 is 12.1 Å². The summed E-state index contributed by atoms with van der Waals surface area (Å²) in [4.78, 5) is 23.6. The van der Waals surface area contributed by atoms with Crippen LogP contribution in [0.15, 0.2) is 71.9 Å². The van der Waals surface area contributed by atoms with E-state index in [1.165, 1.54) is 24.0 Å². The first-order chi connectivity index (χ1) is 17.7. The van der Waals surface area contributed by atoms with Gasteiger partial charge in [-0.1, -0.05) is 80.0 Å². The summed E-state index contributed by atoms with van der Waals surface area (Å²) in [6, 6.07) is -0.145. The highest BCUT2D eigenvalue weighted by atomic mass is 16.5. The Bertz CT molecular complexity index is 897. The molecule has 0 aromatic carbocycles. The number of ether oxygens (including phenoxy) is 1. The minimum atomic E-state index is -0.315. The molecule has 6 nitrogen and oxygen atoms in total. The predicted molar refractivity (Wildman–Crippen MR) is 147 cm³/mol. The normalized spacial score (nSPS) is 27.3. The molecule has 0 aliphatic heterocycles. The van der Waals surface area contributed by atoms with E-state index in [1.807, 2.05) is 0 Å². The van der Waals surface area contributed by atoms with Crippen molar-refractivity contribution in [2.45, 2.75) is 57.8 Å². The summed E-state index contributed by atoms with van der Waals surface area (Å²) in [7, 11) is 1.61. The number of amides is 3. The lowest BCUT2D eigenvalue weighted by atomic mass is 9.73. The van der Waals surface area contributed by atoms with Crippen LogP contribution in [0.1, 0.15) is 57.8 Å². The summed E-state index contributed by atoms with van der Waals surface area (Å²) in [5.41, 5.74) is 2.71. The molecule has 4 rings (SSSR count). The van der Waals surface area contributed by atoms with Gasteiger partial charge in [0.25, 0.3) is 0 Å². The highest BCUT2D eigenvalue weighted by Gasteiger charge is 2.29. The van der Waals surface area contributed by atoms with E-state index >= 15 is 0 Å². The van der Waals surface area contributed by atoms with Crippen molar-refractivity contribution in [3.05, 3.63) is 71.9 Å². The Hall–Kier alpha value is -3.02. The zero-order valence-electron chi connectivity index (χ0n) is 21.7. The maximum atomic E-state index is 12.4. The highest BCUT2D eigenvalue weighted by molar-refractivity contribution is 5.73. The third-order valence-electron chi connectivity index (χ3n) is 7.34. The molecule has 0 aromatic heterocycles. The van der Waals surface area contributed by atoms with E-state index in [1.54, 1.807) is 7.05 Å². The number of hydrogen-bond acceptors (Lipinski definition) is 3. The number of allylic oxidation sites excluding steroid dienone is 12. The lowest BCUT2D eigenvalue weighted by Gasteiger charge is -2.33. The summed E-state index contributed by atoms with van der Waals surface area (Å²) in [6.45, 7) is 1.74. The van der Waals surface area contributed by atoms with Gasteiger partial charge in [0.1, 0.15) is 0 Å². The first kappa shape index (κ1) is 27.6. The second-order valence-electron chi connectivity index (χ2n) is 9.84. The molecule has 1 saturated carbocycles. The summed E-state index contributed by atoms with van der Waals surface area (Å²) in [5.74, 6) is 1.25. The van der Waals surface area contributed by atoms with Crippen molar-refractivity contribution in [2.24, 2.45) is 17.8 Å². The van der Waals surface area contributed by atoms with Crippen LogP contribution in [0.3, 0.4) is 0 Å². The Morgan fingerprint density at radius 3 is 2.36 bits per heavy atom. The minimum Gasteiger partial charge on any atom is -0.449 e. The van der Waals surface area contributed by atoms with Crippen LogP contribution in [0.5, 0.6) is 0 Å². The SMILES string of the molecule is CNC(=O)NCCCCCCNC(=O)OCC1CCC2CCCC1C1=C\C=C/C=C\C=C/C2=C\C=C1. The van der Waals surface area contributed by atoms with Crippen LogP contribution in [0, 0.1) is 17.8 Å². The molecule has 36 heavy (non-hydrogen) atoms. The molecule has 0 radical (unpaired) electrons. The summed E-state index contributed by atoms with van der Waals surface area (Å²) in [6.07, 6.45) is 30.9. The highest BCUT2D eigenvalue weighted by Crippen LogP contribution is 2.39. The fourth-order valence-electron chi connectivity index (χ4n) is 5.30. The maximum absolute atomic E-state index is 12.4. The predicted octanol–water partition coefficient (Wildman–Crippen LogP) is 6.12. The Morgan fingerprint density at radius 2 is 1.53 bits per heavy atom. The molecule has 3 unspecified atom stereocenters. The number of alkyl carbamates (subject to hydrolysis) is 1. The van der Waals surface area contributed by atoms with Crippen molar-refractivity contribution in [2.75, 3.05) is 26.7 Å². The molecule has 196 valence electrons. The molecule has 4 aliphatic rings. The monoisotopic (exact) mass is 493 g/mol. The lowest BCUT2D eigenvalue weighted by Crippen LogP contribution is -2.33. The maximum Gasteiger partial charge on any atom is 0.407 e. The van der Waals surface area contributed by atoms with Crippen LogP contribution < -0.4 is 16.0 Å². The minimum absolute atomic E-state index is 0.145. The quantitative estimate of drug-likeness (QED) is 0.339. The van der Waals surface area contributed by atoms with E-state index in [4.69, 9.17) is 4.74 Å². The fraction of sp³-hybridized carbons (Fsp3) is 0.533. The van der Waals surface area contributed by atoms with E-state index in [-0.39, 0.29) is 12.1 Å². The number of carbonyl (C=O) groups excluding carboxylic acids is 2. The molecule has 0 aromatic rings. The largest absolute Gasteiger partial charge is 0.449 e. The van der Waals surface area contributed by atoms with Gasteiger partial charge in [-0.05, 0) is 61.5 Å². The number of urea groups is 1. The number of unbranched alkanes of at least 4 members (excludes halogenated alkanes) is 3. The van der Waals surface area contributed by atoms with Crippen molar-refractivity contribution in [3.8, 4) is 0 Å². The molecule has 0 heterocycles. The van der Waals surface area contributed by atoms with Crippen LogP contribution in [0.4, 0.5) is 9.59 Å². The van der Waals surface area contributed by atoms with E-state index in [9.17, 15) is 9.59 Å². The molecule has 0 spiro atoms. The number of carbonyl (C=O) groups is 2. The molecule has 1 fully saturated rings. The molecule has 0 saturated heterocycles.